The molecule has 3 aliphatic rings. The van der Waals surface area contributed by atoms with E-state index in [2.05, 4.69) is 21.2 Å². The van der Waals surface area contributed by atoms with Gasteiger partial charge in [0.05, 0.1) is 17.3 Å². The average Bonchev–Trinajstić information content (AvgIpc) is 2.95. The predicted octanol–water partition coefficient (Wildman–Crippen LogP) is 5.34. The van der Waals surface area contributed by atoms with Gasteiger partial charge >= 0.3 is 6.01 Å². The maximum atomic E-state index is 14.5. The third-order valence-corrected chi connectivity index (χ3v) is 8.55. The lowest BCUT2D eigenvalue weighted by atomic mass is 9.96. The molecule has 1 aromatic heterocycles. The molecular formula is C30H29ClF2N6O2. The van der Waals surface area contributed by atoms with Crippen molar-refractivity contribution in [3.63, 3.8) is 0 Å². The first-order valence-electron chi connectivity index (χ1n) is 13.8. The Balaban J connectivity index is 1.35. The predicted molar refractivity (Wildman–Crippen MR) is 153 cm³/mol. The molecule has 3 heterocycles. The fourth-order valence-corrected chi connectivity index (χ4v) is 6.10. The highest BCUT2D eigenvalue weighted by atomic mass is 35.5. The van der Waals surface area contributed by atoms with Gasteiger partial charge in [0.15, 0.2) is 5.83 Å². The Bertz CT molecular complexity index is 1570. The Kier molecular flexibility index (Phi) is 7.39. The summed E-state index contributed by atoms with van der Waals surface area (Å²) in [6.45, 7) is 12.7. The van der Waals surface area contributed by atoms with Crippen LogP contribution < -0.4 is 14.5 Å². The van der Waals surface area contributed by atoms with Gasteiger partial charge in [-0.2, -0.15) is 9.97 Å². The average molecular weight is 579 g/mol. The van der Waals surface area contributed by atoms with Gasteiger partial charge in [-0.3, -0.25) is 4.79 Å². The van der Waals surface area contributed by atoms with Crippen LogP contribution in [0.25, 0.3) is 15.6 Å². The Labute approximate surface area is 242 Å². The zero-order chi connectivity index (χ0) is 28.7. The van der Waals surface area contributed by atoms with Crippen LogP contribution in [0.5, 0.6) is 6.01 Å². The van der Waals surface area contributed by atoms with E-state index in [9.17, 15) is 13.6 Å². The number of hydrogen-bond donors (Lipinski definition) is 0. The van der Waals surface area contributed by atoms with E-state index in [-0.39, 0.29) is 24.2 Å². The quantitative estimate of drug-likeness (QED) is 0.291. The van der Waals surface area contributed by atoms with Crippen molar-refractivity contribution < 1.29 is 18.3 Å². The number of aromatic nitrogens is 2. The van der Waals surface area contributed by atoms with Crippen LogP contribution >= 0.6 is 11.6 Å². The molecule has 0 spiro atoms. The van der Waals surface area contributed by atoms with E-state index >= 15 is 0 Å². The molecule has 0 N–H and O–H groups in total. The third kappa shape index (κ3) is 5.15. The monoisotopic (exact) mass is 578 g/mol. The molecule has 1 amide bonds. The number of benzene rings is 2. The van der Waals surface area contributed by atoms with Gasteiger partial charge in [-0.25, -0.2) is 15.4 Å². The largest absolute Gasteiger partial charge is 0.460 e. The number of carbonyl (C=O) groups excluding carboxylic acids is 1. The molecule has 8 nitrogen and oxygen atoms in total. The van der Waals surface area contributed by atoms with Crippen molar-refractivity contribution >= 4 is 39.8 Å². The molecule has 0 bridgehead atoms. The van der Waals surface area contributed by atoms with Crippen LogP contribution in [0.3, 0.4) is 0 Å². The first-order valence-corrected chi connectivity index (χ1v) is 14.1. The molecule has 2 aliphatic heterocycles. The summed E-state index contributed by atoms with van der Waals surface area (Å²) >= 11 is 6.44. The molecule has 212 valence electrons. The molecule has 1 atom stereocenters. The minimum absolute atomic E-state index is 0.0421. The van der Waals surface area contributed by atoms with Crippen molar-refractivity contribution in [2.75, 3.05) is 42.5 Å². The van der Waals surface area contributed by atoms with E-state index in [0.717, 1.165) is 41.6 Å². The summed E-state index contributed by atoms with van der Waals surface area (Å²) in [4.78, 5) is 31.2. The van der Waals surface area contributed by atoms with Gasteiger partial charge in [0, 0.05) is 42.8 Å². The molecule has 6 rings (SSSR count). The molecular weight excluding hydrogens is 550 g/mol. The standard InChI is InChI=1S/C30H29ClF2N6O2/c1-18(32)29(40)39-14-13-38(16-20(39)15-34-2)28-22-11-12-37(17-24(22)35-30(36-28)41-21-6-4-7-21)25-8-3-5-19-9-10-23(33)27(31)26(19)25/h3,5,8-10,20-21H,1,4,6-7,11-17H2/t20-/m0/s1. The number of amides is 1. The van der Waals surface area contributed by atoms with E-state index in [1.54, 1.807) is 6.07 Å². The molecule has 1 aliphatic carbocycles. The van der Waals surface area contributed by atoms with Crippen LogP contribution in [-0.4, -0.2) is 65.6 Å². The van der Waals surface area contributed by atoms with Gasteiger partial charge in [-0.1, -0.05) is 36.4 Å². The maximum absolute atomic E-state index is 14.5. The summed E-state index contributed by atoms with van der Waals surface area (Å²) in [5.74, 6) is -1.56. The fraction of sp³-hybridized carbons (Fsp3) is 0.400. The molecule has 0 unspecified atom stereocenters. The van der Waals surface area contributed by atoms with Gasteiger partial charge in [0.25, 0.3) is 5.91 Å². The number of piperazine rings is 1. The lowest BCUT2D eigenvalue weighted by Gasteiger charge is -2.41. The highest BCUT2D eigenvalue weighted by Gasteiger charge is 2.36. The number of nitrogens with zero attached hydrogens (tertiary/aromatic N) is 6. The van der Waals surface area contributed by atoms with Gasteiger partial charge in [0.1, 0.15) is 23.8 Å². The maximum Gasteiger partial charge on any atom is 0.318 e. The molecule has 1 saturated heterocycles. The zero-order valence-corrected chi connectivity index (χ0v) is 23.2. The lowest BCUT2D eigenvalue weighted by Crippen LogP contribution is -2.57. The van der Waals surface area contributed by atoms with Crippen molar-refractivity contribution in [3.05, 3.63) is 76.3 Å². The SMILES string of the molecule is [C-]#[N+]C[C@H]1CN(c2nc(OC3CCC3)nc3c2CCN(c2cccc4ccc(F)c(Cl)c24)C3)CCN1C(=O)C(=C)F. The van der Waals surface area contributed by atoms with Gasteiger partial charge in [0.2, 0.25) is 6.54 Å². The Morgan fingerprint density at radius 3 is 2.73 bits per heavy atom. The Hall–Kier alpha value is -3.97. The molecule has 3 aromatic rings. The van der Waals surface area contributed by atoms with Crippen LogP contribution in [-0.2, 0) is 17.8 Å². The third-order valence-electron chi connectivity index (χ3n) is 8.18. The zero-order valence-electron chi connectivity index (χ0n) is 22.5. The first kappa shape index (κ1) is 27.2. The van der Waals surface area contributed by atoms with Crippen molar-refractivity contribution in [2.45, 2.75) is 44.4 Å². The van der Waals surface area contributed by atoms with Crippen LogP contribution in [0.4, 0.5) is 20.3 Å². The number of ether oxygens (including phenoxy) is 1. The second-order valence-corrected chi connectivity index (χ2v) is 11.1. The minimum Gasteiger partial charge on any atom is -0.460 e. The normalized spacial score (nSPS) is 19.0. The van der Waals surface area contributed by atoms with E-state index in [1.165, 1.54) is 11.0 Å². The van der Waals surface area contributed by atoms with Crippen LogP contribution in [0.1, 0.15) is 30.5 Å². The highest BCUT2D eigenvalue weighted by molar-refractivity contribution is 6.36. The van der Waals surface area contributed by atoms with Crippen molar-refractivity contribution in [2.24, 2.45) is 0 Å². The van der Waals surface area contributed by atoms with Crippen LogP contribution in [0.2, 0.25) is 5.02 Å². The minimum atomic E-state index is -1.03. The Morgan fingerprint density at radius 2 is 2.00 bits per heavy atom. The van der Waals surface area contributed by atoms with Crippen molar-refractivity contribution in [1.82, 2.24) is 14.9 Å². The van der Waals surface area contributed by atoms with Crippen LogP contribution in [0.15, 0.2) is 42.7 Å². The highest BCUT2D eigenvalue weighted by Crippen LogP contribution is 2.38. The molecule has 0 radical (unpaired) electrons. The molecule has 11 heteroatoms. The lowest BCUT2D eigenvalue weighted by molar-refractivity contribution is -0.131. The van der Waals surface area contributed by atoms with Crippen molar-refractivity contribution in [3.8, 4) is 6.01 Å². The number of hydrogen-bond acceptors (Lipinski definition) is 6. The number of rotatable bonds is 6. The van der Waals surface area contributed by atoms with Crippen molar-refractivity contribution in [1.29, 1.82) is 0 Å². The van der Waals surface area contributed by atoms with E-state index in [4.69, 9.17) is 32.9 Å². The second-order valence-electron chi connectivity index (χ2n) is 10.7. The number of carbonyl (C=O) groups is 1. The van der Waals surface area contributed by atoms with Gasteiger partial charge in [-0.15, -0.1) is 0 Å². The van der Waals surface area contributed by atoms with E-state index < -0.39 is 23.6 Å². The van der Waals surface area contributed by atoms with Gasteiger partial charge < -0.3 is 24.3 Å². The molecule has 1 saturated carbocycles. The molecule has 2 aromatic carbocycles. The smallest absolute Gasteiger partial charge is 0.318 e. The number of halogens is 3. The first-order chi connectivity index (χ1) is 19.8. The number of fused-ring (bicyclic) bond motifs is 2. The summed E-state index contributed by atoms with van der Waals surface area (Å²) in [5.41, 5.74) is 2.60. The number of anilines is 2. The molecule has 41 heavy (non-hydrogen) atoms. The fourth-order valence-electron chi connectivity index (χ4n) is 5.83. The van der Waals surface area contributed by atoms with E-state index in [0.29, 0.717) is 49.8 Å². The summed E-state index contributed by atoms with van der Waals surface area (Å²) in [5, 5.41) is 1.61. The van der Waals surface area contributed by atoms with E-state index in [1.807, 2.05) is 18.2 Å². The van der Waals surface area contributed by atoms with Gasteiger partial charge in [-0.05, 0) is 43.2 Å². The summed E-state index contributed by atoms with van der Waals surface area (Å²) < 4.78 is 34.3. The second kappa shape index (κ2) is 11.1. The van der Waals surface area contributed by atoms with Crippen LogP contribution in [0, 0.1) is 12.4 Å². The molecule has 2 fully saturated rings. The summed E-state index contributed by atoms with van der Waals surface area (Å²) in [6.07, 6.45) is 3.68. The Morgan fingerprint density at radius 1 is 1.17 bits per heavy atom. The topological polar surface area (TPSA) is 66.2 Å². The summed E-state index contributed by atoms with van der Waals surface area (Å²) in [6, 6.07) is 8.68. The summed E-state index contributed by atoms with van der Waals surface area (Å²) in [7, 11) is 0.